The van der Waals surface area contributed by atoms with Crippen LogP contribution in [0.2, 0.25) is 0 Å². The number of likely N-dealkylation sites (tertiary alicyclic amines) is 1. The molecule has 2 aromatic carbocycles. The van der Waals surface area contributed by atoms with Crippen LogP contribution in [0.4, 0.5) is 0 Å². The molecule has 0 radical (unpaired) electrons. The smallest absolute Gasteiger partial charge is 0.227 e. The number of carbonyl (C=O) groups is 1. The van der Waals surface area contributed by atoms with Crippen molar-refractivity contribution in [1.29, 1.82) is 5.26 Å². The molecule has 2 aliphatic heterocycles. The van der Waals surface area contributed by atoms with E-state index >= 15 is 0 Å². The van der Waals surface area contributed by atoms with Crippen molar-refractivity contribution < 1.29 is 19.4 Å². The molecule has 2 heterocycles. The van der Waals surface area contributed by atoms with Crippen molar-refractivity contribution in [2.24, 2.45) is 5.92 Å². The minimum atomic E-state index is -0.586. The summed E-state index contributed by atoms with van der Waals surface area (Å²) in [6, 6.07) is 17.0. The predicted octanol–water partition coefficient (Wildman–Crippen LogP) is 2.97. The van der Waals surface area contributed by atoms with E-state index in [9.17, 15) is 15.2 Å². The van der Waals surface area contributed by atoms with Gasteiger partial charge in [0.05, 0.1) is 25.8 Å². The number of carbonyl (C=O) groups excluding carboxylic acids is 1. The Labute approximate surface area is 176 Å². The average Bonchev–Trinajstić information content (AvgIpc) is 2.80. The van der Waals surface area contributed by atoms with E-state index in [2.05, 4.69) is 6.07 Å². The second kappa shape index (κ2) is 8.86. The topological polar surface area (TPSA) is 82.8 Å². The summed E-state index contributed by atoms with van der Waals surface area (Å²) in [5.74, 6) is 0.363. The summed E-state index contributed by atoms with van der Waals surface area (Å²) < 4.78 is 10.6. The number of nitrogens with zero attached hydrogens (tertiary/aromatic N) is 2. The second-order valence-corrected chi connectivity index (χ2v) is 7.80. The number of amides is 1. The molecule has 6 nitrogen and oxygen atoms in total. The van der Waals surface area contributed by atoms with Crippen molar-refractivity contribution in [2.75, 3.05) is 26.9 Å². The van der Waals surface area contributed by atoms with Gasteiger partial charge in [-0.25, -0.2) is 0 Å². The molecule has 2 saturated heterocycles. The number of nitriles is 1. The quantitative estimate of drug-likeness (QED) is 0.825. The van der Waals surface area contributed by atoms with E-state index in [1.54, 1.807) is 12.0 Å². The normalized spacial score (nSPS) is 24.0. The van der Waals surface area contributed by atoms with Crippen molar-refractivity contribution in [3.63, 3.8) is 0 Å². The minimum Gasteiger partial charge on any atom is -0.497 e. The Morgan fingerprint density at radius 1 is 1.20 bits per heavy atom. The Kier molecular flexibility index (Phi) is 6.03. The summed E-state index contributed by atoms with van der Waals surface area (Å²) in [5, 5.41) is 20.0. The molecule has 30 heavy (non-hydrogen) atoms. The number of ether oxygens (including phenoxy) is 2. The maximum absolute atomic E-state index is 13.1. The van der Waals surface area contributed by atoms with E-state index < -0.39 is 12.1 Å². The molecule has 0 aromatic heterocycles. The van der Waals surface area contributed by atoms with Gasteiger partial charge in [0.15, 0.2) is 0 Å². The van der Waals surface area contributed by atoms with E-state index in [1.165, 1.54) is 0 Å². The monoisotopic (exact) mass is 406 g/mol. The number of aliphatic hydroxyl groups is 1. The van der Waals surface area contributed by atoms with Crippen molar-refractivity contribution in [2.45, 2.75) is 30.8 Å². The molecular weight excluding hydrogens is 380 g/mol. The molecule has 0 unspecified atom stereocenters. The molecule has 0 spiro atoms. The number of aliphatic hydroxyl groups excluding tert-OH is 1. The lowest BCUT2D eigenvalue weighted by atomic mass is 9.72. The molecule has 1 amide bonds. The number of benzene rings is 2. The first-order valence-corrected chi connectivity index (χ1v) is 10.3. The van der Waals surface area contributed by atoms with Gasteiger partial charge >= 0.3 is 0 Å². The molecule has 0 saturated carbocycles. The first-order valence-electron chi connectivity index (χ1n) is 10.3. The first-order chi connectivity index (χ1) is 14.7. The Morgan fingerprint density at radius 3 is 2.53 bits per heavy atom. The highest BCUT2D eigenvalue weighted by molar-refractivity contribution is 5.82. The van der Waals surface area contributed by atoms with Crippen LogP contribution < -0.4 is 4.74 Å². The summed E-state index contributed by atoms with van der Waals surface area (Å²) in [7, 11) is 1.63. The van der Waals surface area contributed by atoms with E-state index in [0.717, 1.165) is 22.4 Å². The molecular formula is C24H26N2O4. The summed E-state index contributed by atoms with van der Waals surface area (Å²) in [6.07, 6.45) is 1.33. The fourth-order valence-corrected chi connectivity index (χ4v) is 4.66. The zero-order valence-corrected chi connectivity index (χ0v) is 17.0. The molecule has 0 aliphatic carbocycles. The van der Waals surface area contributed by atoms with Gasteiger partial charge in [0, 0.05) is 25.0 Å². The molecule has 2 fully saturated rings. The van der Waals surface area contributed by atoms with Gasteiger partial charge in [0.25, 0.3) is 0 Å². The van der Waals surface area contributed by atoms with Gasteiger partial charge in [-0.2, -0.15) is 5.26 Å². The molecule has 2 aromatic rings. The summed E-state index contributed by atoms with van der Waals surface area (Å²) >= 11 is 0. The lowest BCUT2D eigenvalue weighted by Gasteiger charge is -2.53. The lowest BCUT2D eigenvalue weighted by molar-refractivity contribution is -0.154. The van der Waals surface area contributed by atoms with Gasteiger partial charge in [-0.3, -0.25) is 4.79 Å². The molecule has 3 atom stereocenters. The average molecular weight is 406 g/mol. The van der Waals surface area contributed by atoms with E-state index in [4.69, 9.17) is 9.47 Å². The number of hydrogen-bond acceptors (Lipinski definition) is 5. The van der Waals surface area contributed by atoms with Crippen molar-refractivity contribution in [3.05, 3.63) is 54.1 Å². The van der Waals surface area contributed by atoms with E-state index in [-0.39, 0.29) is 24.3 Å². The maximum atomic E-state index is 13.1. The van der Waals surface area contributed by atoms with Crippen LogP contribution in [0.25, 0.3) is 11.1 Å². The van der Waals surface area contributed by atoms with Gasteiger partial charge in [0.2, 0.25) is 5.91 Å². The van der Waals surface area contributed by atoms with E-state index in [1.807, 2.05) is 48.5 Å². The fraction of sp³-hybridized carbons (Fsp3) is 0.417. The largest absolute Gasteiger partial charge is 0.497 e. The van der Waals surface area contributed by atoms with Crippen LogP contribution in [0.3, 0.4) is 0 Å². The molecule has 0 bridgehead atoms. The minimum absolute atomic E-state index is 0.0397. The third kappa shape index (κ3) is 3.55. The van der Waals surface area contributed by atoms with Gasteiger partial charge < -0.3 is 19.5 Å². The molecule has 156 valence electrons. The Balaban J connectivity index is 1.65. The van der Waals surface area contributed by atoms with Crippen molar-refractivity contribution in [3.8, 4) is 22.9 Å². The van der Waals surface area contributed by atoms with Gasteiger partial charge in [-0.1, -0.05) is 36.4 Å². The van der Waals surface area contributed by atoms with Crippen LogP contribution in [0.1, 0.15) is 24.3 Å². The fourth-order valence-electron chi connectivity index (χ4n) is 4.66. The highest BCUT2D eigenvalue weighted by Gasteiger charge is 2.53. The zero-order valence-electron chi connectivity index (χ0n) is 17.0. The standard InChI is InChI=1S/C24H26N2O4/c1-29-18-8-6-16(7-9-18)19-4-2-3-5-20(19)23-21(14-25)26(22(23)15-27)24(28)17-10-12-30-13-11-17/h2-9,17,21-23,27H,10-13,15H2,1H3/t21-,22+,23+/m0/s1. The van der Waals surface area contributed by atoms with Crippen molar-refractivity contribution in [1.82, 2.24) is 4.90 Å². The van der Waals surface area contributed by atoms with E-state index in [0.29, 0.717) is 26.1 Å². The molecule has 1 N–H and O–H groups in total. The maximum Gasteiger partial charge on any atom is 0.227 e. The van der Waals surface area contributed by atoms with Gasteiger partial charge in [0.1, 0.15) is 11.8 Å². The van der Waals surface area contributed by atoms with Crippen LogP contribution in [0, 0.1) is 17.2 Å². The van der Waals surface area contributed by atoms with Crippen LogP contribution >= 0.6 is 0 Å². The van der Waals surface area contributed by atoms with Gasteiger partial charge in [-0.15, -0.1) is 0 Å². The zero-order chi connectivity index (χ0) is 21.1. The van der Waals surface area contributed by atoms with Crippen LogP contribution in [0.5, 0.6) is 5.75 Å². The SMILES string of the molecule is COc1ccc(-c2ccccc2[C@H]2[C@@H](CO)N(C(=O)C3CCOCC3)[C@H]2C#N)cc1. The molecule has 4 rings (SSSR count). The van der Waals surface area contributed by atoms with Gasteiger partial charge in [-0.05, 0) is 41.7 Å². The number of hydrogen-bond donors (Lipinski definition) is 1. The highest BCUT2D eigenvalue weighted by atomic mass is 16.5. The number of methoxy groups -OCH3 is 1. The highest BCUT2D eigenvalue weighted by Crippen LogP contribution is 2.45. The summed E-state index contributed by atoms with van der Waals surface area (Å²) in [5.41, 5.74) is 2.99. The third-order valence-corrected chi connectivity index (χ3v) is 6.28. The molecule has 2 aliphatic rings. The Morgan fingerprint density at radius 2 is 1.90 bits per heavy atom. The second-order valence-electron chi connectivity index (χ2n) is 7.80. The third-order valence-electron chi connectivity index (χ3n) is 6.28. The summed E-state index contributed by atoms with van der Waals surface area (Å²) in [6.45, 7) is 0.957. The predicted molar refractivity (Wildman–Crippen MR) is 112 cm³/mol. The first kappa shape index (κ1) is 20.4. The Bertz CT molecular complexity index is 931. The Hall–Kier alpha value is -2.88. The summed E-state index contributed by atoms with van der Waals surface area (Å²) in [4.78, 5) is 14.7. The van der Waals surface area contributed by atoms with Crippen molar-refractivity contribution >= 4 is 5.91 Å². The van der Waals surface area contributed by atoms with Crippen LogP contribution in [-0.2, 0) is 9.53 Å². The van der Waals surface area contributed by atoms with Crippen LogP contribution in [0.15, 0.2) is 48.5 Å². The lowest BCUT2D eigenvalue weighted by Crippen LogP contribution is -2.66. The number of rotatable bonds is 5. The van der Waals surface area contributed by atoms with Crippen LogP contribution in [-0.4, -0.2) is 54.9 Å². The molecule has 6 heteroatoms.